The number of hydrogen-bond acceptors (Lipinski definition) is 3. The highest BCUT2D eigenvalue weighted by Gasteiger charge is 2.18. The molecule has 0 spiro atoms. The second-order valence-corrected chi connectivity index (χ2v) is 6.12. The van der Waals surface area contributed by atoms with E-state index in [-0.39, 0.29) is 0 Å². The van der Waals surface area contributed by atoms with Gasteiger partial charge in [-0.15, -0.1) is 0 Å². The molecule has 1 aliphatic rings. The van der Waals surface area contributed by atoms with E-state index in [4.69, 9.17) is 0 Å². The van der Waals surface area contributed by atoms with E-state index in [1.807, 2.05) is 6.20 Å². The smallest absolute Gasteiger partial charge is 0.0728 e. The summed E-state index contributed by atoms with van der Waals surface area (Å²) in [4.78, 5) is 2.43. The van der Waals surface area contributed by atoms with Crippen LogP contribution in [0.5, 0.6) is 0 Å². The Hall–Kier alpha value is -1.03. The van der Waals surface area contributed by atoms with Crippen LogP contribution < -0.4 is 5.32 Å². The van der Waals surface area contributed by atoms with Crippen molar-refractivity contribution in [1.82, 2.24) is 14.7 Å². The first-order valence-corrected chi connectivity index (χ1v) is 8.22. The number of hydrogen-bond donors (Lipinski definition) is 1. The fourth-order valence-electron chi connectivity index (χ4n) is 2.98. The predicted molar refractivity (Wildman–Crippen MR) is 85.1 cm³/mol. The summed E-state index contributed by atoms with van der Waals surface area (Å²) in [5, 5.41) is 8.11. The minimum Gasteiger partial charge on any atom is -0.380 e. The van der Waals surface area contributed by atoms with Gasteiger partial charge >= 0.3 is 0 Å². The standard InChI is InChI=1S/C16H30N4/c1-4-19(5-2)10-11-20-13-16(12-17-20)18-15-8-6-14(3)7-9-15/h12-15,18H,4-11H2,1-3H3. The Morgan fingerprint density at radius 2 is 1.95 bits per heavy atom. The van der Waals surface area contributed by atoms with E-state index in [1.54, 1.807) is 0 Å². The van der Waals surface area contributed by atoms with Gasteiger partial charge in [0.25, 0.3) is 0 Å². The van der Waals surface area contributed by atoms with Crippen molar-refractivity contribution in [1.29, 1.82) is 0 Å². The summed E-state index contributed by atoms with van der Waals surface area (Å²) in [6, 6.07) is 0.645. The number of likely N-dealkylation sites (N-methyl/N-ethyl adjacent to an activating group) is 1. The number of nitrogens with one attached hydrogen (secondary N) is 1. The summed E-state index contributed by atoms with van der Waals surface area (Å²) in [6.45, 7) is 11.1. The molecule has 0 atom stereocenters. The maximum Gasteiger partial charge on any atom is 0.0728 e. The lowest BCUT2D eigenvalue weighted by molar-refractivity contribution is 0.285. The van der Waals surface area contributed by atoms with Gasteiger partial charge in [-0.25, -0.2) is 0 Å². The monoisotopic (exact) mass is 278 g/mol. The average molecular weight is 278 g/mol. The van der Waals surface area contributed by atoms with Gasteiger partial charge in [0.1, 0.15) is 0 Å². The second-order valence-electron chi connectivity index (χ2n) is 6.12. The molecule has 1 aromatic heterocycles. The summed E-state index contributed by atoms with van der Waals surface area (Å²) in [5.74, 6) is 0.907. The van der Waals surface area contributed by atoms with Crippen molar-refractivity contribution in [2.45, 2.75) is 59.0 Å². The molecule has 4 heteroatoms. The third kappa shape index (κ3) is 4.51. The van der Waals surface area contributed by atoms with E-state index in [1.165, 1.54) is 31.4 Å². The van der Waals surface area contributed by atoms with Gasteiger partial charge in [-0.05, 0) is 44.7 Å². The van der Waals surface area contributed by atoms with Crippen molar-refractivity contribution < 1.29 is 0 Å². The molecule has 1 aromatic rings. The zero-order valence-corrected chi connectivity index (χ0v) is 13.3. The van der Waals surface area contributed by atoms with E-state index >= 15 is 0 Å². The van der Waals surface area contributed by atoms with Crippen LogP contribution in [0.15, 0.2) is 12.4 Å². The molecule has 20 heavy (non-hydrogen) atoms. The fourth-order valence-corrected chi connectivity index (χ4v) is 2.98. The van der Waals surface area contributed by atoms with Crippen molar-refractivity contribution in [3.05, 3.63) is 12.4 Å². The lowest BCUT2D eigenvalue weighted by atomic mass is 9.87. The Balaban J connectivity index is 1.77. The van der Waals surface area contributed by atoms with E-state index in [0.29, 0.717) is 6.04 Å². The molecule has 0 aliphatic heterocycles. The maximum atomic E-state index is 4.46. The maximum absolute atomic E-state index is 4.46. The van der Waals surface area contributed by atoms with Crippen LogP contribution in [0.2, 0.25) is 0 Å². The summed E-state index contributed by atoms with van der Waals surface area (Å²) in [7, 11) is 0. The minimum absolute atomic E-state index is 0.645. The number of anilines is 1. The van der Waals surface area contributed by atoms with Crippen LogP contribution in [-0.4, -0.2) is 40.4 Å². The van der Waals surface area contributed by atoms with Gasteiger partial charge in [-0.3, -0.25) is 4.68 Å². The van der Waals surface area contributed by atoms with Gasteiger partial charge in [-0.2, -0.15) is 5.10 Å². The Kier molecular flexibility index (Phi) is 5.89. The summed E-state index contributed by atoms with van der Waals surface area (Å²) >= 11 is 0. The van der Waals surface area contributed by atoms with Gasteiger partial charge in [0.05, 0.1) is 18.4 Å². The highest BCUT2D eigenvalue weighted by Crippen LogP contribution is 2.25. The first kappa shape index (κ1) is 15.4. The molecule has 0 aromatic carbocycles. The molecule has 114 valence electrons. The van der Waals surface area contributed by atoms with E-state index < -0.39 is 0 Å². The largest absolute Gasteiger partial charge is 0.380 e. The quantitative estimate of drug-likeness (QED) is 0.831. The van der Waals surface area contributed by atoms with Crippen molar-refractivity contribution >= 4 is 5.69 Å². The van der Waals surface area contributed by atoms with Crippen LogP contribution in [0, 0.1) is 5.92 Å². The Morgan fingerprint density at radius 1 is 1.25 bits per heavy atom. The molecule has 1 fully saturated rings. The van der Waals surface area contributed by atoms with Crippen molar-refractivity contribution in [2.75, 3.05) is 25.0 Å². The predicted octanol–water partition coefficient (Wildman–Crippen LogP) is 3.22. The number of aromatic nitrogens is 2. The fraction of sp³-hybridized carbons (Fsp3) is 0.812. The minimum atomic E-state index is 0.645. The van der Waals surface area contributed by atoms with E-state index in [0.717, 1.165) is 32.1 Å². The molecule has 1 saturated carbocycles. The normalized spacial score (nSPS) is 23.2. The van der Waals surface area contributed by atoms with Gasteiger partial charge < -0.3 is 10.2 Å². The Bertz CT molecular complexity index is 376. The third-order valence-corrected chi connectivity index (χ3v) is 4.56. The molecular formula is C16H30N4. The highest BCUT2D eigenvalue weighted by atomic mass is 15.3. The Morgan fingerprint density at radius 3 is 2.60 bits per heavy atom. The Labute approximate surface area is 123 Å². The highest BCUT2D eigenvalue weighted by molar-refractivity contribution is 5.39. The zero-order valence-electron chi connectivity index (χ0n) is 13.3. The van der Waals surface area contributed by atoms with Crippen molar-refractivity contribution in [3.8, 4) is 0 Å². The summed E-state index contributed by atoms with van der Waals surface area (Å²) in [6.07, 6.45) is 9.43. The van der Waals surface area contributed by atoms with Gasteiger partial charge in [0, 0.05) is 18.8 Å². The SMILES string of the molecule is CCN(CC)CCn1cc(NC2CCC(C)CC2)cn1. The molecule has 1 heterocycles. The molecule has 1 N–H and O–H groups in total. The van der Waals surface area contributed by atoms with Crippen LogP contribution >= 0.6 is 0 Å². The number of rotatable bonds is 7. The molecular weight excluding hydrogens is 248 g/mol. The molecule has 0 saturated heterocycles. The van der Waals surface area contributed by atoms with E-state index in [2.05, 4.69) is 47.0 Å². The van der Waals surface area contributed by atoms with Crippen LogP contribution in [0.3, 0.4) is 0 Å². The van der Waals surface area contributed by atoms with E-state index in [9.17, 15) is 0 Å². The summed E-state index contributed by atoms with van der Waals surface area (Å²) in [5.41, 5.74) is 1.18. The van der Waals surface area contributed by atoms with Gasteiger partial charge in [-0.1, -0.05) is 20.8 Å². The molecule has 0 bridgehead atoms. The van der Waals surface area contributed by atoms with Crippen molar-refractivity contribution in [2.24, 2.45) is 5.92 Å². The van der Waals surface area contributed by atoms with Crippen LogP contribution in [0.4, 0.5) is 5.69 Å². The molecule has 0 amide bonds. The van der Waals surface area contributed by atoms with Crippen LogP contribution in [0.1, 0.15) is 46.5 Å². The molecule has 1 aliphatic carbocycles. The first-order chi connectivity index (χ1) is 9.71. The van der Waals surface area contributed by atoms with Crippen molar-refractivity contribution in [3.63, 3.8) is 0 Å². The first-order valence-electron chi connectivity index (χ1n) is 8.22. The molecule has 4 nitrogen and oxygen atoms in total. The molecule has 0 radical (unpaired) electrons. The number of nitrogens with zero attached hydrogens (tertiary/aromatic N) is 3. The zero-order chi connectivity index (χ0) is 14.4. The van der Waals surface area contributed by atoms with Crippen LogP contribution in [-0.2, 0) is 6.54 Å². The lowest BCUT2D eigenvalue weighted by Gasteiger charge is -2.27. The third-order valence-electron chi connectivity index (χ3n) is 4.56. The lowest BCUT2D eigenvalue weighted by Crippen LogP contribution is -2.27. The molecule has 2 rings (SSSR count). The average Bonchev–Trinajstić information content (AvgIpc) is 2.90. The van der Waals surface area contributed by atoms with Crippen LogP contribution in [0.25, 0.3) is 0 Å². The van der Waals surface area contributed by atoms with Gasteiger partial charge in [0.15, 0.2) is 0 Å². The molecule has 0 unspecified atom stereocenters. The second kappa shape index (κ2) is 7.67. The summed E-state index contributed by atoms with van der Waals surface area (Å²) < 4.78 is 2.06. The van der Waals surface area contributed by atoms with Gasteiger partial charge in [0.2, 0.25) is 0 Å². The topological polar surface area (TPSA) is 33.1 Å².